The molecule has 2 aliphatic rings. The third-order valence-corrected chi connectivity index (χ3v) is 8.40. The predicted molar refractivity (Wildman–Crippen MR) is 129 cm³/mol. The van der Waals surface area contributed by atoms with Crippen LogP contribution in [0.2, 0.25) is 0 Å². The van der Waals surface area contributed by atoms with Gasteiger partial charge >= 0.3 is 0 Å². The Bertz CT molecular complexity index is 1170. The summed E-state index contributed by atoms with van der Waals surface area (Å²) in [6.45, 7) is 3.05. The average molecular weight is 486 g/mol. The maximum Gasteiger partial charge on any atom is 0.243 e. The van der Waals surface area contributed by atoms with Crippen molar-refractivity contribution in [1.29, 1.82) is 0 Å². The quantitative estimate of drug-likeness (QED) is 0.651. The van der Waals surface area contributed by atoms with Crippen LogP contribution < -0.4 is 15.0 Å². The molecule has 2 amide bonds. The number of methoxy groups -OCH3 is 1. The van der Waals surface area contributed by atoms with Gasteiger partial charge in [0.15, 0.2) is 0 Å². The van der Waals surface area contributed by atoms with E-state index in [-0.39, 0.29) is 36.1 Å². The number of rotatable bonds is 7. The molecule has 0 unspecified atom stereocenters. The molecule has 0 aromatic heterocycles. The van der Waals surface area contributed by atoms with Gasteiger partial charge in [-0.3, -0.25) is 14.5 Å². The zero-order valence-corrected chi connectivity index (χ0v) is 20.4. The Labute approximate surface area is 200 Å². The molecule has 9 heteroatoms. The Balaban J connectivity index is 1.57. The fourth-order valence-electron chi connectivity index (χ4n) is 4.68. The Morgan fingerprint density at radius 1 is 1.09 bits per heavy atom. The van der Waals surface area contributed by atoms with Crippen LogP contribution in [0.3, 0.4) is 0 Å². The molecule has 1 atom stereocenters. The van der Waals surface area contributed by atoms with Gasteiger partial charge in [0.2, 0.25) is 21.8 Å². The first-order valence-corrected chi connectivity index (χ1v) is 13.2. The second-order valence-electron chi connectivity index (χ2n) is 8.62. The van der Waals surface area contributed by atoms with Crippen LogP contribution in [0.15, 0.2) is 47.4 Å². The van der Waals surface area contributed by atoms with Crippen molar-refractivity contribution in [3.63, 3.8) is 0 Å². The van der Waals surface area contributed by atoms with E-state index >= 15 is 0 Å². The number of nitrogens with zero attached hydrogens (tertiary/aromatic N) is 2. The van der Waals surface area contributed by atoms with E-state index in [2.05, 4.69) is 5.32 Å². The fraction of sp³-hybridized carbons (Fsp3) is 0.440. The number of hydrogen-bond donors (Lipinski definition) is 1. The van der Waals surface area contributed by atoms with Crippen LogP contribution in [0, 0.1) is 0 Å². The van der Waals surface area contributed by atoms with Crippen LogP contribution in [0.25, 0.3) is 0 Å². The van der Waals surface area contributed by atoms with Crippen molar-refractivity contribution in [2.75, 3.05) is 25.1 Å². The molecule has 2 aromatic carbocycles. The van der Waals surface area contributed by atoms with Crippen LogP contribution in [-0.2, 0) is 32.6 Å². The number of carbonyl (C=O) groups is 2. The molecule has 0 radical (unpaired) electrons. The van der Waals surface area contributed by atoms with E-state index in [4.69, 9.17) is 4.74 Å². The van der Waals surface area contributed by atoms with Crippen LogP contribution in [0.1, 0.15) is 43.7 Å². The molecule has 1 saturated heterocycles. The molecule has 2 aromatic rings. The van der Waals surface area contributed by atoms with Crippen molar-refractivity contribution in [2.45, 2.75) is 56.5 Å². The van der Waals surface area contributed by atoms with Gasteiger partial charge in [0, 0.05) is 43.7 Å². The summed E-state index contributed by atoms with van der Waals surface area (Å²) in [6, 6.07) is 11.5. The van der Waals surface area contributed by atoms with Crippen molar-refractivity contribution in [3.05, 3.63) is 53.6 Å². The molecule has 2 heterocycles. The number of amides is 2. The van der Waals surface area contributed by atoms with E-state index in [0.29, 0.717) is 30.1 Å². The zero-order chi connectivity index (χ0) is 24.3. The fourth-order valence-corrected chi connectivity index (χ4v) is 6.25. The number of carbonyl (C=O) groups excluding carboxylic acids is 2. The Morgan fingerprint density at radius 2 is 1.82 bits per heavy atom. The molecule has 0 spiro atoms. The molecule has 0 aliphatic carbocycles. The van der Waals surface area contributed by atoms with Crippen LogP contribution >= 0.6 is 0 Å². The Hall–Kier alpha value is -2.91. The smallest absolute Gasteiger partial charge is 0.243 e. The highest BCUT2D eigenvalue weighted by Gasteiger charge is 2.39. The zero-order valence-electron chi connectivity index (χ0n) is 19.6. The number of sulfonamides is 1. The van der Waals surface area contributed by atoms with Crippen LogP contribution in [0.5, 0.6) is 5.75 Å². The second kappa shape index (κ2) is 10.1. The molecule has 2 aliphatic heterocycles. The van der Waals surface area contributed by atoms with Gasteiger partial charge in [-0.15, -0.1) is 0 Å². The molecule has 34 heavy (non-hydrogen) atoms. The molecular formula is C25H31N3O5S. The largest absolute Gasteiger partial charge is 0.496 e. The third kappa shape index (κ3) is 4.67. The summed E-state index contributed by atoms with van der Waals surface area (Å²) in [7, 11) is -2.03. The number of piperidine rings is 1. The minimum atomic E-state index is -3.60. The summed E-state index contributed by atoms with van der Waals surface area (Å²) >= 11 is 0. The monoisotopic (exact) mass is 485 g/mol. The van der Waals surface area contributed by atoms with Crippen molar-refractivity contribution >= 4 is 27.5 Å². The van der Waals surface area contributed by atoms with E-state index < -0.39 is 16.1 Å². The first-order valence-electron chi connectivity index (χ1n) is 11.7. The minimum Gasteiger partial charge on any atom is -0.496 e. The topological polar surface area (TPSA) is 96.0 Å². The van der Waals surface area contributed by atoms with Gasteiger partial charge in [-0.2, -0.15) is 4.31 Å². The summed E-state index contributed by atoms with van der Waals surface area (Å²) in [4.78, 5) is 27.7. The SMILES string of the molecule is CCC(=O)N1c2ccc(S(=O)(=O)N3CCCCC3)cc2C[C@H]1C(=O)NCc1ccccc1OC. The van der Waals surface area contributed by atoms with E-state index in [1.165, 1.54) is 9.21 Å². The second-order valence-corrected chi connectivity index (χ2v) is 10.6. The van der Waals surface area contributed by atoms with Gasteiger partial charge in [0.1, 0.15) is 11.8 Å². The first-order chi connectivity index (χ1) is 16.4. The van der Waals surface area contributed by atoms with Gasteiger partial charge in [-0.05, 0) is 42.7 Å². The molecule has 182 valence electrons. The van der Waals surface area contributed by atoms with Gasteiger partial charge in [-0.25, -0.2) is 8.42 Å². The molecule has 0 saturated carbocycles. The highest BCUT2D eigenvalue weighted by atomic mass is 32.2. The van der Waals surface area contributed by atoms with Crippen LogP contribution in [-0.4, -0.2) is 50.8 Å². The number of ether oxygens (including phenoxy) is 1. The van der Waals surface area contributed by atoms with Crippen molar-refractivity contribution in [3.8, 4) is 5.75 Å². The maximum atomic E-state index is 13.2. The molecule has 4 rings (SSSR count). The van der Waals surface area contributed by atoms with Gasteiger partial charge in [0.25, 0.3) is 0 Å². The molecule has 1 fully saturated rings. The molecular weight excluding hydrogens is 454 g/mol. The molecule has 8 nitrogen and oxygen atoms in total. The Morgan fingerprint density at radius 3 is 2.53 bits per heavy atom. The lowest BCUT2D eigenvalue weighted by molar-refractivity contribution is -0.126. The number of nitrogens with one attached hydrogen (secondary N) is 1. The van der Waals surface area contributed by atoms with Gasteiger partial charge < -0.3 is 10.1 Å². The van der Waals surface area contributed by atoms with E-state index in [9.17, 15) is 18.0 Å². The summed E-state index contributed by atoms with van der Waals surface area (Å²) in [5, 5.41) is 2.92. The standard InChI is InChI=1S/C25H31N3O5S/c1-3-24(29)28-21-12-11-20(34(31,32)27-13-7-4-8-14-27)15-19(21)16-22(28)25(30)26-17-18-9-5-6-10-23(18)33-2/h5-6,9-12,15,22H,3-4,7-8,13-14,16-17H2,1-2H3,(H,26,30)/t22-/m0/s1. The lowest BCUT2D eigenvalue weighted by Gasteiger charge is -2.26. The number of fused-ring (bicyclic) bond motifs is 1. The minimum absolute atomic E-state index is 0.178. The predicted octanol–water partition coefficient (Wildman–Crippen LogP) is 2.85. The summed E-state index contributed by atoms with van der Waals surface area (Å²) in [6.07, 6.45) is 3.26. The number of benzene rings is 2. The first kappa shape index (κ1) is 24.2. The normalized spacial score (nSPS) is 18.4. The third-order valence-electron chi connectivity index (χ3n) is 6.51. The lowest BCUT2D eigenvalue weighted by Crippen LogP contribution is -2.47. The molecule has 0 bridgehead atoms. The summed E-state index contributed by atoms with van der Waals surface area (Å²) < 4.78 is 33.2. The highest BCUT2D eigenvalue weighted by molar-refractivity contribution is 7.89. The summed E-state index contributed by atoms with van der Waals surface area (Å²) in [5.41, 5.74) is 2.12. The number of para-hydroxylation sites is 1. The average Bonchev–Trinajstić information content (AvgIpc) is 3.26. The van der Waals surface area contributed by atoms with Gasteiger partial charge in [-0.1, -0.05) is 31.5 Å². The van der Waals surface area contributed by atoms with Crippen molar-refractivity contribution < 1.29 is 22.7 Å². The van der Waals surface area contributed by atoms with E-state index in [0.717, 1.165) is 24.8 Å². The number of hydrogen-bond acceptors (Lipinski definition) is 5. The highest BCUT2D eigenvalue weighted by Crippen LogP contribution is 2.35. The van der Waals surface area contributed by atoms with E-state index in [1.54, 1.807) is 32.2 Å². The van der Waals surface area contributed by atoms with Crippen LogP contribution in [0.4, 0.5) is 5.69 Å². The van der Waals surface area contributed by atoms with Gasteiger partial charge in [0.05, 0.1) is 12.0 Å². The lowest BCUT2D eigenvalue weighted by atomic mass is 10.1. The van der Waals surface area contributed by atoms with Crippen molar-refractivity contribution in [2.24, 2.45) is 0 Å². The number of anilines is 1. The summed E-state index contributed by atoms with van der Waals surface area (Å²) in [5.74, 6) is 0.207. The van der Waals surface area contributed by atoms with E-state index in [1.807, 2.05) is 24.3 Å². The maximum absolute atomic E-state index is 13.2. The molecule has 1 N–H and O–H groups in total. The Kier molecular flexibility index (Phi) is 7.23. The van der Waals surface area contributed by atoms with Crippen molar-refractivity contribution in [1.82, 2.24) is 9.62 Å².